The first-order valence-corrected chi connectivity index (χ1v) is 3.39. The van der Waals surface area contributed by atoms with Crippen molar-refractivity contribution < 1.29 is 14.3 Å². The lowest BCUT2D eigenvalue weighted by atomic mass is 10.0. The van der Waals surface area contributed by atoms with Crippen molar-refractivity contribution in [1.29, 1.82) is 0 Å². The summed E-state index contributed by atoms with van der Waals surface area (Å²) in [6.45, 7) is 0.970. The quantitative estimate of drug-likeness (QED) is 0.727. The molecular weight excluding hydrogens is 161 g/mol. The van der Waals surface area contributed by atoms with Crippen molar-refractivity contribution in [3.8, 4) is 0 Å². The summed E-state index contributed by atoms with van der Waals surface area (Å²) >= 11 is 0. The molecule has 0 fully saturated rings. The highest BCUT2D eigenvalue weighted by atomic mass is 19.1. The third-order valence-corrected chi connectivity index (χ3v) is 1.55. The van der Waals surface area contributed by atoms with Gasteiger partial charge in [0.2, 0.25) is 5.67 Å². The molecule has 4 heteroatoms. The minimum atomic E-state index is -2.40. The van der Waals surface area contributed by atoms with E-state index >= 15 is 0 Å². The maximum atomic E-state index is 13.3. The first kappa shape index (κ1) is 8.64. The van der Waals surface area contributed by atoms with Crippen LogP contribution in [0, 0.1) is 0 Å². The number of carbonyl (C=O) groups is 1. The number of carboxylic acid groups (broad SMARTS) is 1. The van der Waals surface area contributed by atoms with Crippen LogP contribution in [-0.4, -0.2) is 16.1 Å². The van der Waals surface area contributed by atoms with Crippen LogP contribution < -0.4 is 0 Å². The third kappa shape index (κ3) is 1.42. The van der Waals surface area contributed by atoms with Gasteiger partial charge in [0.1, 0.15) is 0 Å². The summed E-state index contributed by atoms with van der Waals surface area (Å²) in [5.74, 6) is -1.53. The van der Waals surface area contributed by atoms with Crippen molar-refractivity contribution in [3.63, 3.8) is 0 Å². The van der Waals surface area contributed by atoms with E-state index in [1.165, 1.54) is 12.3 Å². The second-order valence-corrected chi connectivity index (χ2v) is 2.52. The molecule has 0 aliphatic heterocycles. The summed E-state index contributed by atoms with van der Waals surface area (Å²) in [5.41, 5.74) is -2.49. The number of aliphatic carboxylic acids is 1. The molecule has 12 heavy (non-hydrogen) atoms. The van der Waals surface area contributed by atoms with Crippen LogP contribution in [0.15, 0.2) is 24.4 Å². The Morgan fingerprint density at radius 3 is 2.75 bits per heavy atom. The standard InChI is InChI=1S/C8H8FNO2/c1-8(9,7(11)12)6-4-2-3-5-10-6/h2-5H,1H3,(H,11,12)/t8-/m0/s1. The molecule has 0 aliphatic rings. The number of pyridine rings is 1. The summed E-state index contributed by atoms with van der Waals surface area (Å²) in [6, 6.07) is 4.48. The van der Waals surface area contributed by atoms with Crippen LogP contribution in [0.1, 0.15) is 12.6 Å². The molecule has 0 radical (unpaired) electrons. The molecule has 0 unspecified atom stereocenters. The minimum absolute atomic E-state index is 0.0856. The van der Waals surface area contributed by atoms with Gasteiger partial charge < -0.3 is 5.11 Å². The van der Waals surface area contributed by atoms with E-state index in [1.807, 2.05) is 0 Å². The van der Waals surface area contributed by atoms with Gasteiger partial charge in [-0.2, -0.15) is 0 Å². The minimum Gasteiger partial charge on any atom is -0.479 e. The average Bonchev–Trinajstić information content (AvgIpc) is 2.06. The highest BCUT2D eigenvalue weighted by Gasteiger charge is 2.36. The van der Waals surface area contributed by atoms with Crippen LogP contribution in [0.25, 0.3) is 0 Å². The first-order chi connectivity index (χ1) is 5.55. The number of aromatic nitrogens is 1. The van der Waals surface area contributed by atoms with Crippen molar-refractivity contribution in [1.82, 2.24) is 4.98 Å². The Morgan fingerprint density at radius 2 is 2.33 bits per heavy atom. The van der Waals surface area contributed by atoms with Gasteiger partial charge in [0.15, 0.2) is 0 Å². The van der Waals surface area contributed by atoms with E-state index < -0.39 is 11.6 Å². The predicted molar refractivity (Wildman–Crippen MR) is 40.3 cm³/mol. The Bertz CT molecular complexity index is 284. The van der Waals surface area contributed by atoms with E-state index in [2.05, 4.69) is 4.98 Å². The van der Waals surface area contributed by atoms with E-state index in [0.29, 0.717) is 0 Å². The lowest BCUT2D eigenvalue weighted by Crippen LogP contribution is -2.27. The molecule has 0 aromatic carbocycles. The summed E-state index contributed by atoms with van der Waals surface area (Å²) in [7, 11) is 0. The second-order valence-electron chi connectivity index (χ2n) is 2.52. The monoisotopic (exact) mass is 169 g/mol. The van der Waals surface area contributed by atoms with Crippen LogP contribution >= 0.6 is 0 Å². The summed E-state index contributed by atoms with van der Waals surface area (Å²) in [4.78, 5) is 14.0. The third-order valence-electron chi connectivity index (χ3n) is 1.55. The van der Waals surface area contributed by atoms with Gasteiger partial charge >= 0.3 is 5.97 Å². The number of rotatable bonds is 2. The fourth-order valence-corrected chi connectivity index (χ4v) is 0.750. The summed E-state index contributed by atoms with van der Waals surface area (Å²) in [5, 5.41) is 8.48. The lowest BCUT2D eigenvalue weighted by molar-refractivity contribution is -0.150. The van der Waals surface area contributed by atoms with Gasteiger partial charge in [0.05, 0.1) is 5.69 Å². The molecule has 3 nitrogen and oxygen atoms in total. The molecule has 1 aromatic rings. The molecule has 1 atom stereocenters. The van der Waals surface area contributed by atoms with E-state index in [-0.39, 0.29) is 5.69 Å². The molecular formula is C8H8FNO2. The zero-order valence-electron chi connectivity index (χ0n) is 6.49. The van der Waals surface area contributed by atoms with E-state index in [1.54, 1.807) is 12.1 Å². The highest BCUT2D eigenvalue weighted by molar-refractivity contribution is 5.77. The molecule has 0 bridgehead atoms. The molecule has 0 saturated carbocycles. The Kier molecular flexibility index (Phi) is 2.08. The van der Waals surface area contributed by atoms with Crippen LogP contribution in [0.2, 0.25) is 0 Å². The highest BCUT2D eigenvalue weighted by Crippen LogP contribution is 2.22. The predicted octanol–water partition coefficient (Wildman–Crippen LogP) is 1.35. The Hall–Kier alpha value is -1.45. The fourth-order valence-electron chi connectivity index (χ4n) is 0.750. The second kappa shape index (κ2) is 2.89. The molecule has 1 heterocycles. The van der Waals surface area contributed by atoms with E-state index in [0.717, 1.165) is 6.92 Å². The zero-order chi connectivity index (χ0) is 9.19. The average molecular weight is 169 g/mol. The van der Waals surface area contributed by atoms with Gasteiger partial charge in [-0.25, -0.2) is 9.18 Å². The number of hydrogen-bond donors (Lipinski definition) is 1. The van der Waals surface area contributed by atoms with Gasteiger partial charge in [-0.15, -0.1) is 0 Å². The fraction of sp³-hybridized carbons (Fsp3) is 0.250. The molecule has 1 aromatic heterocycles. The van der Waals surface area contributed by atoms with Crippen molar-refractivity contribution in [3.05, 3.63) is 30.1 Å². The lowest BCUT2D eigenvalue weighted by Gasteiger charge is -2.12. The van der Waals surface area contributed by atoms with E-state index in [4.69, 9.17) is 5.11 Å². The maximum absolute atomic E-state index is 13.3. The van der Waals surface area contributed by atoms with Crippen molar-refractivity contribution >= 4 is 5.97 Å². The summed E-state index contributed by atoms with van der Waals surface area (Å²) < 4.78 is 13.3. The zero-order valence-corrected chi connectivity index (χ0v) is 6.49. The molecule has 64 valence electrons. The van der Waals surface area contributed by atoms with Crippen LogP contribution in [-0.2, 0) is 10.5 Å². The Labute approximate surface area is 68.9 Å². The normalized spacial score (nSPS) is 15.2. The van der Waals surface area contributed by atoms with Crippen molar-refractivity contribution in [2.45, 2.75) is 12.6 Å². The van der Waals surface area contributed by atoms with Crippen molar-refractivity contribution in [2.24, 2.45) is 0 Å². The maximum Gasteiger partial charge on any atom is 0.347 e. The molecule has 0 saturated heterocycles. The van der Waals surface area contributed by atoms with Crippen LogP contribution in [0.5, 0.6) is 0 Å². The molecule has 0 amide bonds. The Balaban J connectivity index is 3.06. The van der Waals surface area contributed by atoms with Crippen molar-refractivity contribution in [2.75, 3.05) is 0 Å². The van der Waals surface area contributed by atoms with Crippen LogP contribution in [0.3, 0.4) is 0 Å². The smallest absolute Gasteiger partial charge is 0.347 e. The molecule has 1 N–H and O–H groups in total. The number of alkyl halides is 1. The topological polar surface area (TPSA) is 50.2 Å². The van der Waals surface area contributed by atoms with Gasteiger partial charge in [-0.3, -0.25) is 4.98 Å². The van der Waals surface area contributed by atoms with Gasteiger partial charge in [0, 0.05) is 6.20 Å². The van der Waals surface area contributed by atoms with Gasteiger partial charge in [-0.05, 0) is 19.1 Å². The van der Waals surface area contributed by atoms with Gasteiger partial charge in [0.25, 0.3) is 0 Å². The number of nitrogens with zero attached hydrogens (tertiary/aromatic N) is 1. The largest absolute Gasteiger partial charge is 0.479 e. The molecule has 1 rings (SSSR count). The Morgan fingerprint density at radius 1 is 1.67 bits per heavy atom. The molecule has 0 aliphatic carbocycles. The number of halogens is 1. The molecule has 0 spiro atoms. The SMILES string of the molecule is C[C@@](F)(C(=O)O)c1ccccn1. The number of hydrogen-bond acceptors (Lipinski definition) is 2. The summed E-state index contributed by atoms with van der Waals surface area (Å²) in [6.07, 6.45) is 1.36. The number of carboxylic acids is 1. The van der Waals surface area contributed by atoms with Crippen LogP contribution in [0.4, 0.5) is 4.39 Å². The first-order valence-electron chi connectivity index (χ1n) is 3.39. The van der Waals surface area contributed by atoms with Gasteiger partial charge in [-0.1, -0.05) is 6.07 Å². The van der Waals surface area contributed by atoms with E-state index in [9.17, 15) is 9.18 Å².